The molecule has 0 atom stereocenters. The van der Waals surface area contributed by atoms with Crippen LogP contribution in [0, 0.1) is 0 Å². The topological polar surface area (TPSA) is 41.8 Å². The standard InChI is InChI=1S/C18H19BrN2/c19-16-11-6-10-15-14(9-4-5-12-20)17(21-18(15)16)13-7-2-1-3-8-13/h1-3,6-8,10-11,21H,4-5,9,12,20H2. The van der Waals surface area contributed by atoms with Crippen LogP contribution in [0.5, 0.6) is 0 Å². The van der Waals surface area contributed by atoms with Crippen LogP contribution in [-0.2, 0) is 6.42 Å². The van der Waals surface area contributed by atoms with Gasteiger partial charge in [0.05, 0.1) is 5.52 Å². The fourth-order valence-electron chi connectivity index (χ4n) is 2.79. The SMILES string of the molecule is NCCCCc1c(-c2ccccc2)[nH]c2c(Br)cccc12. The lowest BCUT2D eigenvalue weighted by Crippen LogP contribution is -1.99. The number of benzene rings is 2. The number of hydrogen-bond acceptors (Lipinski definition) is 1. The van der Waals surface area contributed by atoms with Crippen molar-refractivity contribution in [3.05, 3.63) is 58.6 Å². The average molecular weight is 343 g/mol. The molecule has 108 valence electrons. The summed E-state index contributed by atoms with van der Waals surface area (Å²) in [5, 5.41) is 1.31. The summed E-state index contributed by atoms with van der Waals surface area (Å²) >= 11 is 3.65. The Morgan fingerprint density at radius 3 is 2.52 bits per heavy atom. The van der Waals surface area contributed by atoms with E-state index in [-0.39, 0.29) is 0 Å². The van der Waals surface area contributed by atoms with Gasteiger partial charge in [-0.2, -0.15) is 0 Å². The summed E-state index contributed by atoms with van der Waals surface area (Å²) in [7, 11) is 0. The molecule has 0 saturated carbocycles. The summed E-state index contributed by atoms with van der Waals surface area (Å²) in [5.41, 5.74) is 10.7. The summed E-state index contributed by atoms with van der Waals surface area (Å²) < 4.78 is 1.11. The van der Waals surface area contributed by atoms with Crippen molar-refractivity contribution in [3.63, 3.8) is 0 Å². The van der Waals surface area contributed by atoms with Gasteiger partial charge in [0.1, 0.15) is 0 Å². The Balaban J connectivity index is 2.13. The largest absolute Gasteiger partial charge is 0.353 e. The molecule has 3 heteroatoms. The van der Waals surface area contributed by atoms with Crippen molar-refractivity contribution < 1.29 is 0 Å². The summed E-state index contributed by atoms with van der Waals surface area (Å²) in [6.45, 7) is 0.757. The van der Waals surface area contributed by atoms with Gasteiger partial charge in [0, 0.05) is 15.6 Å². The van der Waals surface area contributed by atoms with Gasteiger partial charge in [-0.25, -0.2) is 0 Å². The van der Waals surface area contributed by atoms with E-state index in [1.807, 2.05) is 0 Å². The maximum atomic E-state index is 5.64. The molecule has 1 heterocycles. The second-order valence-corrected chi connectivity index (χ2v) is 6.11. The minimum absolute atomic E-state index is 0.757. The Labute approximate surface area is 133 Å². The van der Waals surface area contributed by atoms with Crippen molar-refractivity contribution in [2.45, 2.75) is 19.3 Å². The Morgan fingerprint density at radius 1 is 0.952 bits per heavy atom. The van der Waals surface area contributed by atoms with E-state index >= 15 is 0 Å². The Bertz CT molecular complexity index is 732. The van der Waals surface area contributed by atoms with E-state index in [1.54, 1.807) is 0 Å². The molecule has 0 unspecified atom stereocenters. The van der Waals surface area contributed by atoms with Gasteiger partial charge in [0.15, 0.2) is 0 Å². The average Bonchev–Trinajstić information content (AvgIpc) is 2.89. The van der Waals surface area contributed by atoms with Gasteiger partial charge in [-0.15, -0.1) is 0 Å². The molecule has 0 bridgehead atoms. The van der Waals surface area contributed by atoms with Crippen molar-refractivity contribution in [1.29, 1.82) is 0 Å². The molecule has 2 aromatic carbocycles. The minimum atomic E-state index is 0.757. The Kier molecular flexibility index (Phi) is 4.42. The van der Waals surface area contributed by atoms with Crippen LogP contribution in [0.3, 0.4) is 0 Å². The molecule has 2 nitrogen and oxygen atoms in total. The number of aryl methyl sites for hydroxylation is 1. The lowest BCUT2D eigenvalue weighted by molar-refractivity contribution is 0.748. The monoisotopic (exact) mass is 342 g/mol. The van der Waals surface area contributed by atoms with Gasteiger partial charge in [-0.3, -0.25) is 0 Å². The van der Waals surface area contributed by atoms with Crippen LogP contribution in [-0.4, -0.2) is 11.5 Å². The summed E-state index contributed by atoms with van der Waals surface area (Å²) in [5.74, 6) is 0. The lowest BCUT2D eigenvalue weighted by Gasteiger charge is -2.05. The molecule has 0 saturated heterocycles. The maximum absolute atomic E-state index is 5.64. The predicted molar refractivity (Wildman–Crippen MR) is 93.4 cm³/mol. The highest BCUT2D eigenvalue weighted by Crippen LogP contribution is 2.34. The molecule has 0 fully saturated rings. The van der Waals surface area contributed by atoms with Crippen LogP contribution in [0.25, 0.3) is 22.2 Å². The number of para-hydroxylation sites is 1. The highest BCUT2D eigenvalue weighted by Gasteiger charge is 2.14. The number of aromatic amines is 1. The lowest BCUT2D eigenvalue weighted by atomic mass is 10.0. The number of hydrogen-bond donors (Lipinski definition) is 2. The van der Waals surface area contributed by atoms with Gasteiger partial charge in [0.25, 0.3) is 0 Å². The molecule has 21 heavy (non-hydrogen) atoms. The summed E-state index contributed by atoms with van der Waals surface area (Å²) in [6, 6.07) is 16.9. The van der Waals surface area contributed by atoms with Crippen molar-refractivity contribution >= 4 is 26.8 Å². The molecular weight excluding hydrogens is 324 g/mol. The van der Waals surface area contributed by atoms with Crippen molar-refractivity contribution in [2.24, 2.45) is 5.73 Å². The second-order valence-electron chi connectivity index (χ2n) is 5.25. The Hall–Kier alpha value is -1.58. The van der Waals surface area contributed by atoms with E-state index in [2.05, 4.69) is 69.4 Å². The fourth-order valence-corrected chi connectivity index (χ4v) is 3.26. The molecule has 0 radical (unpaired) electrons. The predicted octanol–water partition coefficient (Wildman–Crippen LogP) is 4.88. The number of unbranched alkanes of at least 4 members (excludes halogenated alkanes) is 1. The van der Waals surface area contributed by atoms with Crippen LogP contribution in [0.4, 0.5) is 0 Å². The third kappa shape index (κ3) is 2.89. The van der Waals surface area contributed by atoms with E-state index in [4.69, 9.17) is 5.73 Å². The highest BCUT2D eigenvalue weighted by molar-refractivity contribution is 9.10. The van der Waals surface area contributed by atoms with Gasteiger partial charge < -0.3 is 10.7 Å². The van der Waals surface area contributed by atoms with E-state index < -0.39 is 0 Å². The maximum Gasteiger partial charge on any atom is 0.0606 e. The molecule has 0 aliphatic rings. The summed E-state index contributed by atoms with van der Waals surface area (Å²) in [6.07, 6.45) is 3.24. The van der Waals surface area contributed by atoms with E-state index in [0.717, 1.165) is 30.3 Å². The molecule has 3 N–H and O–H groups in total. The Morgan fingerprint density at radius 2 is 1.76 bits per heavy atom. The number of fused-ring (bicyclic) bond motifs is 1. The molecule has 0 aliphatic heterocycles. The quantitative estimate of drug-likeness (QED) is 0.637. The number of rotatable bonds is 5. The van der Waals surface area contributed by atoms with Gasteiger partial charge in [-0.05, 0) is 58.9 Å². The molecular formula is C18H19BrN2. The zero-order chi connectivity index (χ0) is 14.7. The first-order chi connectivity index (χ1) is 10.3. The van der Waals surface area contributed by atoms with Crippen LogP contribution in [0.2, 0.25) is 0 Å². The first kappa shape index (κ1) is 14.4. The van der Waals surface area contributed by atoms with Gasteiger partial charge in [0.2, 0.25) is 0 Å². The van der Waals surface area contributed by atoms with Crippen LogP contribution < -0.4 is 5.73 Å². The normalized spacial score (nSPS) is 11.1. The van der Waals surface area contributed by atoms with E-state index in [1.165, 1.54) is 27.7 Å². The molecule has 0 amide bonds. The molecule has 0 aliphatic carbocycles. The van der Waals surface area contributed by atoms with Crippen LogP contribution in [0.15, 0.2) is 53.0 Å². The third-order valence-electron chi connectivity index (χ3n) is 3.83. The molecule has 3 aromatic rings. The van der Waals surface area contributed by atoms with Crippen LogP contribution >= 0.6 is 15.9 Å². The molecule has 1 aromatic heterocycles. The number of H-pyrrole nitrogens is 1. The van der Waals surface area contributed by atoms with Crippen molar-refractivity contribution in [3.8, 4) is 11.3 Å². The summed E-state index contributed by atoms with van der Waals surface area (Å²) in [4.78, 5) is 3.60. The van der Waals surface area contributed by atoms with E-state index in [0.29, 0.717) is 0 Å². The van der Waals surface area contributed by atoms with Gasteiger partial charge >= 0.3 is 0 Å². The molecule has 3 rings (SSSR count). The fraction of sp³-hybridized carbons (Fsp3) is 0.222. The number of halogens is 1. The first-order valence-electron chi connectivity index (χ1n) is 7.36. The van der Waals surface area contributed by atoms with Crippen molar-refractivity contribution in [2.75, 3.05) is 6.54 Å². The van der Waals surface area contributed by atoms with Gasteiger partial charge in [-0.1, -0.05) is 42.5 Å². The third-order valence-corrected chi connectivity index (χ3v) is 4.49. The minimum Gasteiger partial charge on any atom is -0.353 e. The number of aromatic nitrogens is 1. The number of nitrogens with one attached hydrogen (secondary N) is 1. The van der Waals surface area contributed by atoms with Crippen molar-refractivity contribution in [1.82, 2.24) is 4.98 Å². The second kappa shape index (κ2) is 6.46. The zero-order valence-corrected chi connectivity index (χ0v) is 13.5. The number of nitrogens with two attached hydrogens (primary N) is 1. The van der Waals surface area contributed by atoms with E-state index in [9.17, 15) is 0 Å². The van der Waals surface area contributed by atoms with Crippen LogP contribution in [0.1, 0.15) is 18.4 Å². The zero-order valence-electron chi connectivity index (χ0n) is 11.9. The smallest absolute Gasteiger partial charge is 0.0606 e. The molecule has 0 spiro atoms. The first-order valence-corrected chi connectivity index (χ1v) is 8.15. The highest BCUT2D eigenvalue weighted by atomic mass is 79.9.